The van der Waals surface area contributed by atoms with Crippen molar-refractivity contribution in [3.8, 4) is 5.69 Å². The predicted molar refractivity (Wildman–Crippen MR) is 87.7 cm³/mol. The van der Waals surface area contributed by atoms with Crippen molar-refractivity contribution < 1.29 is 4.79 Å². The van der Waals surface area contributed by atoms with Crippen LogP contribution in [0, 0.1) is 0 Å². The summed E-state index contributed by atoms with van der Waals surface area (Å²) >= 11 is 0. The van der Waals surface area contributed by atoms with E-state index in [1.54, 1.807) is 0 Å². The van der Waals surface area contributed by atoms with Crippen LogP contribution in [-0.4, -0.2) is 41.1 Å². The summed E-state index contributed by atoms with van der Waals surface area (Å²) in [5.41, 5.74) is 4.15. The summed E-state index contributed by atoms with van der Waals surface area (Å²) in [4.78, 5) is 14.6. The van der Waals surface area contributed by atoms with Crippen LogP contribution in [0.15, 0.2) is 30.3 Å². The molecule has 1 aromatic heterocycles. The fraction of sp³-hybridized carbons (Fsp3) is 0.444. The third-order valence-electron chi connectivity index (χ3n) is 4.23. The van der Waals surface area contributed by atoms with E-state index < -0.39 is 0 Å². The van der Waals surface area contributed by atoms with Gasteiger partial charge in [0.15, 0.2) is 5.78 Å². The topological polar surface area (TPSA) is 38.1 Å². The van der Waals surface area contributed by atoms with Crippen molar-refractivity contribution in [2.75, 3.05) is 20.6 Å². The van der Waals surface area contributed by atoms with Crippen LogP contribution in [0.4, 0.5) is 0 Å². The molecule has 1 aliphatic rings. The first-order chi connectivity index (χ1) is 10.7. The molecule has 0 aliphatic heterocycles. The van der Waals surface area contributed by atoms with E-state index in [2.05, 4.69) is 17.2 Å². The molecule has 4 heteroatoms. The molecule has 0 amide bonds. The van der Waals surface area contributed by atoms with Gasteiger partial charge >= 0.3 is 0 Å². The molecular weight excluding hydrogens is 274 g/mol. The summed E-state index contributed by atoms with van der Waals surface area (Å²) in [6, 6.07) is 10.1. The molecule has 0 atom stereocenters. The number of carbonyl (C=O) groups is 1. The zero-order chi connectivity index (χ0) is 15.5. The van der Waals surface area contributed by atoms with E-state index in [1.807, 2.05) is 41.9 Å². The fourth-order valence-corrected chi connectivity index (χ4v) is 3.05. The Morgan fingerprint density at radius 1 is 1.18 bits per heavy atom. The Hall–Kier alpha value is -1.94. The Morgan fingerprint density at radius 3 is 2.64 bits per heavy atom. The minimum absolute atomic E-state index is 0.168. The molecule has 22 heavy (non-hydrogen) atoms. The monoisotopic (exact) mass is 297 g/mol. The van der Waals surface area contributed by atoms with E-state index in [1.165, 1.54) is 17.7 Å². The lowest BCUT2D eigenvalue weighted by Gasteiger charge is -2.14. The van der Waals surface area contributed by atoms with Crippen molar-refractivity contribution in [1.82, 2.24) is 14.7 Å². The molecule has 3 rings (SSSR count). The first-order valence-corrected chi connectivity index (χ1v) is 8.01. The van der Waals surface area contributed by atoms with E-state index in [4.69, 9.17) is 0 Å². The molecule has 0 radical (unpaired) electrons. The molecule has 0 N–H and O–H groups in total. The van der Waals surface area contributed by atoms with Gasteiger partial charge in [-0.25, -0.2) is 4.68 Å². The highest BCUT2D eigenvalue weighted by Gasteiger charge is 2.25. The standard InChI is InChI=1S/C18H23N3O/c1-20(2)13-12-17(22)18-15-10-6-7-11-16(15)21(19-18)14-8-4-3-5-9-14/h3-5,8-9H,6-7,10-13H2,1-2H3. The lowest BCUT2D eigenvalue weighted by Crippen LogP contribution is -2.17. The van der Waals surface area contributed by atoms with Gasteiger partial charge in [0, 0.05) is 24.2 Å². The van der Waals surface area contributed by atoms with Gasteiger partial charge in [0.2, 0.25) is 0 Å². The summed E-state index contributed by atoms with van der Waals surface area (Å²) in [5, 5.41) is 4.69. The fourth-order valence-electron chi connectivity index (χ4n) is 3.05. The number of aromatic nitrogens is 2. The third kappa shape index (κ3) is 2.97. The predicted octanol–water partition coefficient (Wildman–Crippen LogP) is 2.89. The second-order valence-corrected chi connectivity index (χ2v) is 6.20. The maximum atomic E-state index is 12.6. The molecule has 0 spiro atoms. The summed E-state index contributed by atoms with van der Waals surface area (Å²) in [7, 11) is 3.98. The van der Waals surface area contributed by atoms with Crippen LogP contribution in [0.25, 0.3) is 5.69 Å². The highest BCUT2D eigenvalue weighted by atomic mass is 16.1. The summed E-state index contributed by atoms with van der Waals surface area (Å²) in [6.45, 7) is 0.770. The molecule has 1 aromatic carbocycles. The Balaban J connectivity index is 1.97. The largest absolute Gasteiger partial charge is 0.309 e. The molecule has 116 valence electrons. The van der Waals surface area contributed by atoms with Gasteiger partial charge in [-0.15, -0.1) is 0 Å². The minimum atomic E-state index is 0.168. The summed E-state index contributed by atoms with van der Waals surface area (Å²) < 4.78 is 1.98. The van der Waals surface area contributed by atoms with Crippen molar-refractivity contribution in [3.05, 3.63) is 47.3 Å². The first kappa shape index (κ1) is 15.0. The third-order valence-corrected chi connectivity index (χ3v) is 4.23. The number of carbonyl (C=O) groups excluding carboxylic acids is 1. The highest BCUT2D eigenvalue weighted by molar-refractivity contribution is 5.96. The number of nitrogens with zero attached hydrogens (tertiary/aromatic N) is 3. The molecule has 0 fully saturated rings. The van der Waals surface area contributed by atoms with Crippen LogP contribution in [0.1, 0.15) is 41.0 Å². The smallest absolute Gasteiger partial charge is 0.184 e. The van der Waals surface area contributed by atoms with Crippen molar-refractivity contribution in [1.29, 1.82) is 0 Å². The molecule has 1 aliphatic carbocycles. The van der Waals surface area contributed by atoms with Crippen LogP contribution in [-0.2, 0) is 12.8 Å². The number of benzene rings is 1. The van der Waals surface area contributed by atoms with Gasteiger partial charge in [0.1, 0.15) is 5.69 Å². The quantitative estimate of drug-likeness (QED) is 0.797. The maximum absolute atomic E-state index is 12.6. The van der Waals surface area contributed by atoms with Crippen LogP contribution in [0.5, 0.6) is 0 Å². The highest BCUT2D eigenvalue weighted by Crippen LogP contribution is 2.27. The van der Waals surface area contributed by atoms with Gasteiger partial charge in [0.05, 0.1) is 5.69 Å². The van der Waals surface area contributed by atoms with Crippen LogP contribution < -0.4 is 0 Å². The number of Topliss-reactive ketones (excluding diaryl/α,β-unsaturated/α-hetero) is 1. The Kier molecular flexibility index (Phi) is 4.39. The molecule has 4 nitrogen and oxygen atoms in total. The van der Waals surface area contributed by atoms with E-state index >= 15 is 0 Å². The van der Waals surface area contributed by atoms with E-state index in [-0.39, 0.29) is 5.78 Å². The molecule has 0 saturated heterocycles. The maximum Gasteiger partial charge on any atom is 0.184 e. The Labute approximate surface area is 131 Å². The van der Waals surface area contributed by atoms with Gasteiger partial charge in [-0.1, -0.05) is 18.2 Å². The normalized spacial score (nSPS) is 14.1. The number of para-hydroxylation sites is 1. The van der Waals surface area contributed by atoms with E-state index in [0.717, 1.165) is 31.5 Å². The number of hydrogen-bond donors (Lipinski definition) is 0. The van der Waals surface area contributed by atoms with Crippen molar-refractivity contribution in [3.63, 3.8) is 0 Å². The zero-order valence-electron chi connectivity index (χ0n) is 13.4. The van der Waals surface area contributed by atoms with Gasteiger partial charge in [-0.2, -0.15) is 5.10 Å². The van der Waals surface area contributed by atoms with E-state index in [9.17, 15) is 4.79 Å². The van der Waals surface area contributed by atoms with Gasteiger partial charge in [-0.3, -0.25) is 4.79 Å². The SMILES string of the molecule is CN(C)CCC(=O)c1nn(-c2ccccc2)c2c1CCCC2. The van der Waals surface area contributed by atoms with Gasteiger partial charge < -0.3 is 4.90 Å². The van der Waals surface area contributed by atoms with Crippen molar-refractivity contribution >= 4 is 5.78 Å². The summed E-state index contributed by atoms with van der Waals surface area (Å²) in [6.07, 6.45) is 4.85. The second kappa shape index (κ2) is 6.44. The van der Waals surface area contributed by atoms with Crippen LogP contribution in [0.3, 0.4) is 0 Å². The van der Waals surface area contributed by atoms with Crippen molar-refractivity contribution in [2.45, 2.75) is 32.1 Å². The Bertz CT molecular complexity index is 658. The average Bonchev–Trinajstić information content (AvgIpc) is 2.93. The molecule has 0 unspecified atom stereocenters. The number of ketones is 1. The van der Waals surface area contributed by atoms with Crippen molar-refractivity contribution in [2.24, 2.45) is 0 Å². The van der Waals surface area contributed by atoms with Gasteiger partial charge in [-0.05, 0) is 51.9 Å². The lowest BCUT2D eigenvalue weighted by molar-refractivity contribution is 0.0966. The first-order valence-electron chi connectivity index (χ1n) is 8.01. The zero-order valence-corrected chi connectivity index (χ0v) is 13.4. The number of rotatable bonds is 5. The average molecular weight is 297 g/mol. The number of hydrogen-bond acceptors (Lipinski definition) is 3. The van der Waals surface area contributed by atoms with Crippen LogP contribution in [0.2, 0.25) is 0 Å². The Morgan fingerprint density at radius 2 is 1.91 bits per heavy atom. The number of fused-ring (bicyclic) bond motifs is 1. The molecular formula is C18H23N3O. The minimum Gasteiger partial charge on any atom is -0.309 e. The molecule has 1 heterocycles. The molecule has 2 aromatic rings. The molecule has 0 bridgehead atoms. The van der Waals surface area contributed by atoms with E-state index in [0.29, 0.717) is 12.1 Å². The van der Waals surface area contributed by atoms with Crippen LogP contribution >= 0.6 is 0 Å². The lowest BCUT2D eigenvalue weighted by atomic mass is 9.94. The molecule has 0 saturated carbocycles. The summed E-state index contributed by atoms with van der Waals surface area (Å²) in [5.74, 6) is 0.168. The van der Waals surface area contributed by atoms with Gasteiger partial charge in [0.25, 0.3) is 0 Å². The second-order valence-electron chi connectivity index (χ2n) is 6.20.